The molecule has 28 heavy (non-hydrogen) atoms. The van der Waals surface area contributed by atoms with Gasteiger partial charge in [0.05, 0.1) is 6.54 Å². The molecule has 1 amide bonds. The van der Waals surface area contributed by atoms with Crippen LogP contribution in [0.2, 0.25) is 0 Å². The fraction of sp³-hybridized carbons (Fsp3) is 0.130. The highest BCUT2D eigenvalue weighted by molar-refractivity contribution is 5.86. The van der Waals surface area contributed by atoms with Gasteiger partial charge in [-0.05, 0) is 35.9 Å². The van der Waals surface area contributed by atoms with Gasteiger partial charge in [0.15, 0.2) is 12.4 Å². The molecule has 4 rings (SSSR count). The lowest BCUT2D eigenvalue weighted by molar-refractivity contribution is -0.123. The van der Waals surface area contributed by atoms with Crippen LogP contribution in [0.15, 0.2) is 77.3 Å². The minimum absolute atomic E-state index is 0.0432. The van der Waals surface area contributed by atoms with Gasteiger partial charge in [-0.1, -0.05) is 59.3 Å². The van der Waals surface area contributed by atoms with Gasteiger partial charge in [0.2, 0.25) is 0 Å². The number of carbonyl (C=O) groups excluding carboxylic acids is 1. The molecular formula is C23H20N2O3. The van der Waals surface area contributed by atoms with Gasteiger partial charge in [-0.25, -0.2) is 0 Å². The van der Waals surface area contributed by atoms with E-state index in [1.54, 1.807) is 0 Å². The number of ether oxygens (including phenoxy) is 1. The first-order valence-electron chi connectivity index (χ1n) is 9.08. The number of benzene rings is 3. The van der Waals surface area contributed by atoms with Crippen LogP contribution in [0.4, 0.5) is 0 Å². The van der Waals surface area contributed by atoms with E-state index in [1.165, 1.54) is 5.39 Å². The Balaban J connectivity index is 1.33. The minimum Gasteiger partial charge on any atom is -0.484 e. The molecule has 4 aromatic rings. The van der Waals surface area contributed by atoms with Crippen molar-refractivity contribution in [3.05, 3.63) is 84.1 Å². The topological polar surface area (TPSA) is 64.4 Å². The van der Waals surface area contributed by atoms with Crippen LogP contribution in [0, 0.1) is 6.92 Å². The summed E-state index contributed by atoms with van der Waals surface area (Å²) in [5.41, 5.74) is 2.75. The number of aromatic nitrogens is 1. The Labute approximate surface area is 162 Å². The summed E-state index contributed by atoms with van der Waals surface area (Å²) >= 11 is 0. The van der Waals surface area contributed by atoms with E-state index in [9.17, 15) is 4.79 Å². The number of amides is 1. The Bertz CT molecular complexity index is 1100. The molecule has 1 aromatic heterocycles. The van der Waals surface area contributed by atoms with E-state index in [1.807, 2.05) is 55.5 Å². The molecule has 140 valence electrons. The number of hydrogen-bond acceptors (Lipinski definition) is 4. The second-order valence-electron chi connectivity index (χ2n) is 6.62. The normalized spacial score (nSPS) is 10.8. The van der Waals surface area contributed by atoms with E-state index in [4.69, 9.17) is 9.26 Å². The first-order chi connectivity index (χ1) is 13.7. The molecule has 0 spiro atoms. The maximum atomic E-state index is 12.0. The molecular weight excluding hydrogens is 352 g/mol. The standard InChI is InChI=1S/C23H20N2O3/c1-16-6-10-21(11-7-16)27-15-23(26)24-14-20-13-22(28-25-20)19-9-8-17-4-2-3-5-18(17)12-19/h2-13H,14-15H2,1H3,(H,24,26). The van der Waals surface area contributed by atoms with Crippen LogP contribution >= 0.6 is 0 Å². The van der Waals surface area contributed by atoms with Crippen LogP contribution in [0.5, 0.6) is 5.75 Å². The maximum Gasteiger partial charge on any atom is 0.258 e. The zero-order valence-electron chi connectivity index (χ0n) is 15.5. The number of nitrogens with one attached hydrogen (secondary N) is 1. The first kappa shape index (κ1) is 17.8. The van der Waals surface area contributed by atoms with Crippen molar-refractivity contribution in [2.45, 2.75) is 13.5 Å². The molecule has 0 aliphatic heterocycles. The zero-order chi connectivity index (χ0) is 19.3. The molecule has 5 nitrogen and oxygen atoms in total. The summed E-state index contributed by atoms with van der Waals surface area (Å²) in [5, 5.41) is 9.14. The summed E-state index contributed by atoms with van der Waals surface area (Å²) in [6, 6.07) is 23.7. The second kappa shape index (κ2) is 7.96. The second-order valence-corrected chi connectivity index (χ2v) is 6.62. The molecule has 1 heterocycles. The van der Waals surface area contributed by atoms with Gasteiger partial charge >= 0.3 is 0 Å². The molecule has 0 fully saturated rings. The van der Waals surface area contributed by atoms with Crippen LogP contribution in [-0.2, 0) is 11.3 Å². The van der Waals surface area contributed by atoms with Crippen molar-refractivity contribution in [3.63, 3.8) is 0 Å². The van der Waals surface area contributed by atoms with Gasteiger partial charge in [-0.15, -0.1) is 0 Å². The van der Waals surface area contributed by atoms with E-state index < -0.39 is 0 Å². The number of aryl methyl sites for hydroxylation is 1. The van der Waals surface area contributed by atoms with Crippen molar-refractivity contribution in [2.24, 2.45) is 0 Å². The summed E-state index contributed by atoms with van der Waals surface area (Å²) in [4.78, 5) is 12.0. The predicted octanol–water partition coefficient (Wildman–Crippen LogP) is 4.50. The summed E-state index contributed by atoms with van der Waals surface area (Å²) in [6.45, 7) is 2.24. The molecule has 0 aliphatic carbocycles. The predicted molar refractivity (Wildman–Crippen MR) is 108 cm³/mol. The molecule has 0 saturated carbocycles. The number of fused-ring (bicyclic) bond motifs is 1. The van der Waals surface area contributed by atoms with Gasteiger partial charge in [-0.3, -0.25) is 4.79 Å². The third kappa shape index (κ3) is 4.20. The monoisotopic (exact) mass is 372 g/mol. The number of carbonyl (C=O) groups is 1. The van der Waals surface area contributed by atoms with Crippen molar-refractivity contribution in [2.75, 3.05) is 6.61 Å². The fourth-order valence-electron chi connectivity index (χ4n) is 2.90. The smallest absolute Gasteiger partial charge is 0.258 e. The molecule has 0 radical (unpaired) electrons. The minimum atomic E-state index is -0.212. The summed E-state index contributed by atoms with van der Waals surface area (Å²) < 4.78 is 10.9. The van der Waals surface area contributed by atoms with Gasteiger partial charge < -0.3 is 14.6 Å². The third-order valence-corrected chi connectivity index (χ3v) is 4.45. The van der Waals surface area contributed by atoms with Gasteiger partial charge in [0, 0.05) is 11.6 Å². The first-order valence-corrected chi connectivity index (χ1v) is 9.08. The van der Waals surface area contributed by atoms with E-state index in [2.05, 4.69) is 34.7 Å². The van der Waals surface area contributed by atoms with Crippen LogP contribution in [-0.4, -0.2) is 17.7 Å². The molecule has 5 heteroatoms. The van der Waals surface area contributed by atoms with Gasteiger partial charge in [0.1, 0.15) is 11.4 Å². The van der Waals surface area contributed by atoms with Crippen molar-refractivity contribution >= 4 is 16.7 Å². The Hall–Kier alpha value is -3.60. The van der Waals surface area contributed by atoms with E-state index in [0.29, 0.717) is 17.2 Å². The molecule has 1 N–H and O–H groups in total. The highest BCUT2D eigenvalue weighted by Gasteiger charge is 2.09. The van der Waals surface area contributed by atoms with Gasteiger partial charge in [-0.2, -0.15) is 0 Å². The van der Waals surface area contributed by atoms with Gasteiger partial charge in [0.25, 0.3) is 5.91 Å². The van der Waals surface area contributed by atoms with E-state index >= 15 is 0 Å². The van der Waals surface area contributed by atoms with Crippen LogP contribution < -0.4 is 10.1 Å². The Morgan fingerprint density at radius 3 is 2.61 bits per heavy atom. The number of nitrogens with zero attached hydrogens (tertiary/aromatic N) is 1. The highest BCUT2D eigenvalue weighted by Crippen LogP contribution is 2.25. The van der Waals surface area contributed by atoms with Crippen LogP contribution in [0.1, 0.15) is 11.3 Å². The Morgan fingerprint density at radius 1 is 1.00 bits per heavy atom. The quantitative estimate of drug-likeness (QED) is 0.541. The fourth-order valence-corrected chi connectivity index (χ4v) is 2.90. The van der Waals surface area contributed by atoms with E-state index in [-0.39, 0.29) is 19.1 Å². The Morgan fingerprint density at radius 2 is 1.79 bits per heavy atom. The van der Waals surface area contributed by atoms with Crippen molar-refractivity contribution in [1.29, 1.82) is 0 Å². The summed E-state index contributed by atoms with van der Waals surface area (Å²) in [6.07, 6.45) is 0. The van der Waals surface area contributed by atoms with E-state index in [0.717, 1.165) is 16.5 Å². The van der Waals surface area contributed by atoms with Crippen molar-refractivity contribution in [3.8, 4) is 17.1 Å². The molecule has 0 unspecified atom stereocenters. The van der Waals surface area contributed by atoms with Crippen LogP contribution in [0.3, 0.4) is 0 Å². The number of hydrogen-bond donors (Lipinski definition) is 1. The lowest BCUT2D eigenvalue weighted by Crippen LogP contribution is -2.28. The Kier molecular flexibility index (Phi) is 5.06. The molecule has 0 aliphatic rings. The molecule has 0 atom stereocenters. The number of rotatable bonds is 6. The lowest BCUT2D eigenvalue weighted by Gasteiger charge is -2.06. The average Bonchev–Trinajstić information content (AvgIpc) is 3.20. The molecule has 0 bridgehead atoms. The average molecular weight is 372 g/mol. The van der Waals surface area contributed by atoms with Crippen molar-refractivity contribution in [1.82, 2.24) is 10.5 Å². The highest BCUT2D eigenvalue weighted by atomic mass is 16.5. The largest absolute Gasteiger partial charge is 0.484 e. The summed E-state index contributed by atoms with van der Waals surface area (Å²) in [5.74, 6) is 1.13. The van der Waals surface area contributed by atoms with Crippen LogP contribution in [0.25, 0.3) is 22.1 Å². The summed E-state index contributed by atoms with van der Waals surface area (Å²) in [7, 11) is 0. The SMILES string of the molecule is Cc1ccc(OCC(=O)NCc2cc(-c3ccc4ccccc4c3)on2)cc1. The molecule has 3 aromatic carbocycles. The maximum absolute atomic E-state index is 12.0. The molecule has 0 saturated heterocycles. The third-order valence-electron chi connectivity index (χ3n) is 4.45. The lowest BCUT2D eigenvalue weighted by atomic mass is 10.1. The van der Waals surface area contributed by atoms with Crippen molar-refractivity contribution < 1.29 is 14.1 Å². The zero-order valence-corrected chi connectivity index (χ0v) is 15.5.